The zero-order valence-corrected chi connectivity index (χ0v) is 15.6. The second-order valence-corrected chi connectivity index (χ2v) is 7.95. The Bertz CT molecular complexity index is 605. The van der Waals surface area contributed by atoms with Gasteiger partial charge in [0.05, 0.1) is 11.5 Å². The second-order valence-electron chi connectivity index (χ2n) is 6.97. The summed E-state index contributed by atoms with van der Waals surface area (Å²) in [5.74, 6) is 0.609. The molecule has 0 aromatic heterocycles. The van der Waals surface area contributed by atoms with Gasteiger partial charge >= 0.3 is 0 Å². The summed E-state index contributed by atoms with van der Waals surface area (Å²) in [6.45, 7) is 4.28. The van der Waals surface area contributed by atoms with Crippen molar-refractivity contribution in [2.24, 2.45) is 0 Å². The van der Waals surface area contributed by atoms with Crippen LogP contribution in [-0.4, -0.2) is 53.4 Å². The number of hydrogen-bond donors (Lipinski definition) is 2. The molecular formula is C19H27N3O2S. The number of hydrogen-bond acceptors (Lipinski definition) is 4. The number of aryl methyl sites for hydroxylation is 1. The molecule has 0 saturated carbocycles. The lowest BCUT2D eigenvalue weighted by atomic mass is 9.99. The topological polar surface area (TPSA) is 61.4 Å². The predicted octanol–water partition coefficient (Wildman–Crippen LogP) is 2.41. The van der Waals surface area contributed by atoms with Crippen molar-refractivity contribution >= 4 is 29.3 Å². The Balaban J connectivity index is 1.35. The monoisotopic (exact) mass is 361 g/mol. The number of anilines is 1. The number of nitrogens with zero attached hydrogens (tertiary/aromatic N) is 1. The van der Waals surface area contributed by atoms with Gasteiger partial charge in [0.15, 0.2) is 0 Å². The summed E-state index contributed by atoms with van der Waals surface area (Å²) in [6, 6.07) is 8.52. The lowest BCUT2D eigenvalue weighted by Crippen LogP contribution is -2.47. The van der Waals surface area contributed by atoms with Crippen molar-refractivity contribution in [3.05, 3.63) is 29.8 Å². The standard InChI is InChI=1S/C19H27N3O2S/c1-14-5-7-15(8-6-14)20-18(23)12-25-13-19(24)21-16-9-11-22-10-3-2-4-17(16)22/h5-8,16-17H,2-4,9-13H2,1H3,(H,20,23)(H,21,24)/t16-,17+/m1/s1. The van der Waals surface area contributed by atoms with E-state index in [1.165, 1.54) is 37.6 Å². The fourth-order valence-electron chi connectivity index (χ4n) is 3.73. The normalized spacial score (nSPS) is 23.1. The minimum Gasteiger partial charge on any atom is -0.351 e. The maximum atomic E-state index is 12.2. The summed E-state index contributed by atoms with van der Waals surface area (Å²) in [7, 11) is 0. The molecule has 2 aliphatic heterocycles. The number of thioether (sulfide) groups is 1. The van der Waals surface area contributed by atoms with Gasteiger partial charge in [0, 0.05) is 24.3 Å². The highest BCUT2D eigenvalue weighted by Gasteiger charge is 2.36. The van der Waals surface area contributed by atoms with Crippen LogP contribution in [0.3, 0.4) is 0 Å². The van der Waals surface area contributed by atoms with E-state index in [0.717, 1.165) is 24.2 Å². The van der Waals surface area contributed by atoms with Crippen LogP contribution >= 0.6 is 11.8 Å². The van der Waals surface area contributed by atoms with E-state index >= 15 is 0 Å². The third-order valence-electron chi connectivity index (χ3n) is 5.00. The first kappa shape index (κ1) is 18.3. The zero-order chi connectivity index (χ0) is 17.6. The molecule has 2 atom stereocenters. The molecule has 5 nitrogen and oxygen atoms in total. The lowest BCUT2D eigenvalue weighted by Gasteiger charge is -2.32. The van der Waals surface area contributed by atoms with Gasteiger partial charge in [-0.05, 0) is 44.9 Å². The van der Waals surface area contributed by atoms with Gasteiger partial charge in [0.25, 0.3) is 0 Å². The molecule has 0 unspecified atom stereocenters. The van der Waals surface area contributed by atoms with E-state index in [1.807, 2.05) is 31.2 Å². The molecule has 6 heteroatoms. The van der Waals surface area contributed by atoms with Gasteiger partial charge in [0.2, 0.25) is 11.8 Å². The molecule has 136 valence electrons. The molecule has 25 heavy (non-hydrogen) atoms. The van der Waals surface area contributed by atoms with Crippen LogP contribution in [-0.2, 0) is 9.59 Å². The molecule has 2 N–H and O–H groups in total. The van der Waals surface area contributed by atoms with Crippen molar-refractivity contribution in [3.63, 3.8) is 0 Å². The van der Waals surface area contributed by atoms with Crippen LogP contribution in [0.5, 0.6) is 0 Å². The van der Waals surface area contributed by atoms with E-state index in [2.05, 4.69) is 15.5 Å². The van der Waals surface area contributed by atoms with Gasteiger partial charge < -0.3 is 10.6 Å². The summed E-state index contributed by atoms with van der Waals surface area (Å²) >= 11 is 1.37. The maximum absolute atomic E-state index is 12.2. The van der Waals surface area contributed by atoms with Gasteiger partial charge in [-0.3, -0.25) is 14.5 Å². The number of nitrogens with one attached hydrogen (secondary N) is 2. The number of carbonyl (C=O) groups excluding carboxylic acids is 2. The van der Waals surface area contributed by atoms with Crippen molar-refractivity contribution in [2.75, 3.05) is 29.9 Å². The second kappa shape index (κ2) is 8.72. The summed E-state index contributed by atoms with van der Waals surface area (Å²) in [4.78, 5) is 26.6. The minimum absolute atomic E-state index is 0.0468. The van der Waals surface area contributed by atoms with Gasteiger partial charge in [-0.25, -0.2) is 0 Å². The van der Waals surface area contributed by atoms with Crippen LogP contribution in [0.15, 0.2) is 24.3 Å². The first-order valence-corrected chi connectivity index (χ1v) is 10.2. The summed E-state index contributed by atoms with van der Waals surface area (Å²) < 4.78 is 0. The SMILES string of the molecule is Cc1ccc(NC(=O)CSCC(=O)N[C@@H]2CCN3CCCC[C@@H]23)cc1. The van der Waals surface area contributed by atoms with Crippen LogP contribution in [0.25, 0.3) is 0 Å². The van der Waals surface area contributed by atoms with Gasteiger partial charge in [0.1, 0.15) is 0 Å². The highest BCUT2D eigenvalue weighted by atomic mass is 32.2. The summed E-state index contributed by atoms with van der Waals surface area (Å²) in [5, 5.41) is 6.03. The van der Waals surface area contributed by atoms with Crippen molar-refractivity contribution < 1.29 is 9.59 Å². The predicted molar refractivity (Wildman–Crippen MR) is 103 cm³/mol. The molecule has 2 fully saturated rings. The lowest BCUT2D eigenvalue weighted by molar-refractivity contribution is -0.119. The highest BCUT2D eigenvalue weighted by molar-refractivity contribution is 8.00. The Labute approximate surface area is 153 Å². The maximum Gasteiger partial charge on any atom is 0.234 e. The molecule has 0 aliphatic carbocycles. The number of amides is 2. The van der Waals surface area contributed by atoms with Crippen LogP contribution in [0.2, 0.25) is 0 Å². The number of piperidine rings is 1. The number of benzene rings is 1. The van der Waals surface area contributed by atoms with E-state index < -0.39 is 0 Å². The average Bonchev–Trinajstić information content (AvgIpc) is 3.00. The van der Waals surface area contributed by atoms with Crippen molar-refractivity contribution in [1.29, 1.82) is 0 Å². The smallest absolute Gasteiger partial charge is 0.234 e. The number of fused-ring (bicyclic) bond motifs is 1. The van der Waals surface area contributed by atoms with Gasteiger partial charge in [-0.1, -0.05) is 24.1 Å². The molecule has 2 aliphatic rings. The third kappa shape index (κ3) is 5.22. The van der Waals surface area contributed by atoms with Crippen molar-refractivity contribution in [3.8, 4) is 0 Å². The Morgan fingerprint density at radius 1 is 1.08 bits per heavy atom. The van der Waals surface area contributed by atoms with E-state index in [9.17, 15) is 9.59 Å². The van der Waals surface area contributed by atoms with Crippen molar-refractivity contribution in [1.82, 2.24) is 10.2 Å². The average molecular weight is 362 g/mol. The van der Waals surface area contributed by atoms with Crippen LogP contribution in [0.1, 0.15) is 31.2 Å². The molecule has 1 aromatic rings. The largest absolute Gasteiger partial charge is 0.351 e. The van der Waals surface area contributed by atoms with E-state index in [1.54, 1.807) is 0 Å². The Hall–Kier alpha value is -1.53. The molecule has 2 heterocycles. The fraction of sp³-hybridized carbons (Fsp3) is 0.579. The Kier molecular flexibility index (Phi) is 6.37. The molecule has 0 spiro atoms. The van der Waals surface area contributed by atoms with E-state index in [4.69, 9.17) is 0 Å². The molecule has 0 radical (unpaired) electrons. The number of rotatable bonds is 6. The molecule has 0 bridgehead atoms. The molecule has 1 aromatic carbocycles. The summed E-state index contributed by atoms with van der Waals surface area (Å²) in [6.07, 6.45) is 4.79. The van der Waals surface area contributed by atoms with Crippen LogP contribution in [0, 0.1) is 6.92 Å². The first-order chi connectivity index (χ1) is 12.1. The van der Waals surface area contributed by atoms with Crippen LogP contribution in [0.4, 0.5) is 5.69 Å². The first-order valence-electron chi connectivity index (χ1n) is 9.09. The quantitative estimate of drug-likeness (QED) is 0.817. The fourth-order valence-corrected chi connectivity index (χ4v) is 4.36. The zero-order valence-electron chi connectivity index (χ0n) is 14.8. The van der Waals surface area contributed by atoms with Crippen LogP contribution < -0.4 is 10.6 Å². The number of carbonyl (C=O) groups is 2. The molecular weight excluding hydrogens is 334 g/mol. The van der Waals surface area contributed by atoms with E-state index in [-0.39, 0.29) is 17.9 Å². The Morgan fingerprint density at radius 3 is 2.64 bits per heavy atom. The Morgan fingerprint density at radius 2 is 1.84 bits per heavy atom. The highest BCUT2D eigenvalue weighted by Crippen LogP contribution is 2.27. The molecule has 3 rings (SSSR count). The van der Waals surface area contributed by atoms with Gasteiger partial charge in [-0.15, -0.1) is 11.8 Å². The van der Waals surface area contributed by atoms with E-state index in [0.29, 0.717) is 17.5 Å². The van der Waals surface area contributed by atoms with Crippen molar-refractivity contribution in [2.45, 2.75) is 44.7 Å². The molecule has 2 amide bonds. The minimum atomic E-state index is -0.0685. The summed E-state index contributed by atoms with van der Waals surface area (Å²) in [5.41, 5.74) is 1.96. The molecule has 2 saturated heterocycles. The van der Waals surface area contributed by atoms with Gasteiger partial charge in [-0.2, -0.15) is 0 Å². The third-order valence-corrected chi connectivity index (χ3v) is 5.94.